The van der Waals surface area contributed by atoms with Gasteiger partial charge in [-0.25, -0.2) is 4.98 Å². The van der Waals surface area contributed by atoms with Crippen LogP contribution in [0.15, 0.2) is 66.1 Å². The number of allylic oxidation sites excluding steroid dienone is 1. The molecule has 2 aromatic heterocycles. The molecule has 0 atom stereocenters. The molecule has 4 nitrogen and oxygen atoms in total. The van der Waals surface area contributed by atoms with Crippen molar-refractivity contribution < 1.29 is 5.11 Å². The molecule has 1 N–H and O–H groups in total. The summed E-state index contributed by atoms with van der Waals surface area (Å²) < 4.78 is 1.52. The molecule has 0 unspecified atom stereocenters. The Labute approximate surface area is 121 Å². The van der Waals surface area contributed by atoms with Gasteiger partial charge < -0.3 is 5.11 Å². The van der Waals surface area contributed by atoms with Gasteiger partial charge in [-0.2, -0.15) is 0 Å². The number of pyridine rings is 2. The Morgan fingerprint density at radius 1 is 1.19 bits per heavy atom. The molecule has 3 aromatic rings. The summed E-state index contributed by atoms with van der Waals surface area (Å²) in [5, 5.41) is 10.9. The molecule has 0 aliphatic carbocycles. The molecule has 0 saturated heterocycles. The second kappa shape index (κ2) is 5.25. The summed E-state index contributed by atoms with van der Waals surface area (Å²) in [4.78, 5) is 17.0. The molecule has 3 rings (SSSR count). The fourth-order valence-electron chi connectivity index (χ4n) is 2.40. The van der Waals surface area contributed by atoms with Crippen molar-refractivity contribution in [3.8, 4) is 11.4 Å². The second-order valence-corrected chi connectivity index (χ2v) is 4.67. The van der Waals surface area contributed by atoms with Crippen LogP contribution in [0.3, 0.4) is 0 Å². The minimum absolute atomic E-state index is 0.0184. The summed E-state index contributed by atoms with van der Waals surface area (Å²) >= 11 is 0. The molecule has 0 radical (unpaired) electrons. The predicted molar refractivity (Wildman–Crippen MR) is 82.9 cm³/mol. The van der Waals surface area contributed by atoms with E-state index in [1.165, 1.54) is 4.57 Å². The van der Waals surface area contributed by atoms with Crippen molar-refractivity contribution in [3.63, 3.8) is 0 Å². The number of hydrogen-bond donors (Lipinski definition) is 1. The zero-order valence-electron chi connectivity index (χ0n) is 11.4. The van der Waals surface area contributed by atoms with Gasteiger partial charge in [-0.15, -0.1) is 6.58 Å². The molecule has 0 aliphatic heterocycles. The highest BCUT2D eigenvalue weighted by Gasteiger charge is 2.16. The number of benzene rings is 1. The summed E-state index contributed by atoms with van der Waals surface area (Å²) in [6, 6.07) is 12.8. The molecule has 2 heterocycles. The van der Waals surface area contributed by atoms with Crippen LogP contribution in [0.25, 0.3) is 16.7 Å². The van der Waals surface area contributed by atoms with E-state index in [2.05, 4.69) is 11.6 Å². The van der Waals surface area contributed by atoms with Gasteiger partial charge in [0.2, 0.25) is 0 Å². The highest BCUT2D eigenvalue weighted by Crippen LogP contribution is 2.26. The largest absolute Gasteiger partial charge is 0.507 e. The molecular weight excluding hydrogens is 264 g/mol. The van der Waals surface area contributed by atoms with Crippen LogP contribution in [0.4, 0.5) is 0 Å². The zero-order valence-corrected chi connectivity index (χ0v) is 11.4. The van der Waals surface area contributed by atoms with Gasteiger partial charge in [0, 0.05) is 6.20 Å². The van der Waals surface area contributed by atoms with Crippen LogP contribution in [0.5, 0.6) is 5.75 Å². The van der Waals surface area contributed by atoms with Crippen molar-refractivity contribution in [3.05, 3.63) is 77.2 Å². The van der Waals surface area contributed by atoms with Gasteiger partial charge in [-0.05, 0) is 30.7 Å². The number of fused-ring (bicyclic) bond motifs is 1. The number of aromatic nitrogens is 2. The molecule has 0 fully saturated rings. The van der Waals surface area contributed by atoms with Crippen LogP contribution in [-0.2, 0) is 6.42 Å². The maximum Gasteiger partial charge on any atom is 0.264 e. The van der Waals surface area contributed by atoms with Gasteiger partial charge in [-0.3, -0.25) is 9.36 Å². The third-order valence-corrected chi connectivity index (χ3v) is 3.36. The Bertz CT molecular complexity index is 867. The van der Waals surface area contributed by atoms with Crippen molar-refractivity contribution in [2.75, 3.05) is 0 Å². The molecule has 0 spiro atoms. The quantitative estimate of drug-likeness (QED) is 0.749. The Balaban J connectivity index is 2.48. The summed E-state index contributed by atoms with van der Waals surface area (Å²) in [6.07, 6.45) is 3.52. The first-order chi connectivity index (χ1) is 10.2. The number of aromatic hydroxyl groups is 1. The minimum Gasteiger partial charge on any atom is -0.507 e. The van der Waals surface area contributed by atoms with Crippen molar-refractivity contribution in [2.45, 2.75) is 6.42 Å². The molecule has 104 valence electrons. The maximum absolute atomic E-state index is 12.7. The molecule has 0 saturated carbocycles. The van der Waals surface area contributed by atoms with Crippen LogP contribution in [-0.4, -0.2) is 14.7 Å². The van der Waals surface area contributed by atoms with E-state index in [9.17, 15) is 9.90 Å². The normalized spacial score (nSPS) is 10.7. The van der Waals surface area contributed by atoms with Crippen molar-refractivity contribution in [1.82, 2.24) is 9.55 Å². The topological polar surface area (TPSA) is 55.1 Å². The van der Waals surface area contributed by atoms with Gasteiger partial charge in [0.15, 0.2) is 5.65 Å². The first-order valence-electron chi connectivity index (χ1n) is 6.62. The SMILES string of the molecule is C=CCc1c(O)c2cccnc2n(-c2ccccc2)c1=O. The summed E-state index contributed by atoms with van der Waals surface area (Å²) in [5.74, 6) is -0.0184. The van der Waals surface area contributed by atoms with E-state index in [0.717, 1.165) is 5.69 Å². The van der Waals surface area contributed by atoms with E-state index in [-0.39, 0.29) is 11.3 Å². The van der Waals surface area contributed by atoms with E-state index in [4.69, 9.17) is 0 Å². The maximum atomic E-state index is 12.7. The average molecular weight is 278 g/mol. The van der Waals surface area contributed by atoms with Crippen molar-refractivity contribution >= 4 is 11.0 Å². The second-order valence-electron chi connectivity index (χ2n) is 4.67. The molecular formula is C17H14N2O2. The Kier molecular flexibility index (Phi) is 3.28. The molecule has 21 heavy (non-hydrogen) atoms. The van der Waals surface area contributed by atoms with Crippen LogP contribution in [0, 0.1) is 0 Å². The standard InChI is InChI=1S/C17H14N2O2/c1-2-7-14-15(20)13-10-6-11-18-16(13)19(17(14)21)12-8-4-3-5-9-12/h2-6,8-11,20H,1,7H2. The van der Waals surface area contributed by atoms with Crippen molar-refractivity contribution in [1.29, 1.82) is 0 Å². The predicted octanol–water partition coefficient (Wildman–Crippen LogP) is 2.82. The molecule has 0 aliphatic rings. The fourth-order valence-corrected chi connectivity index (χ4v) is 2.40. The lowest BCUT2D eigenvalue weighted by Gasteiger charge is -2.13. The highest BCUT2D eigenvalue weighted by atomic mass is 16.3. The third-order valence-electron chi connectivity index (χ3n) is 3.36. The van der Waals surface area contributed by atoms with E-state index in [0.29, 0.717) is 23.0 Å². The molecule has 1 aromatic carbocycles. The lowest BCUT2D eigenvalue weighted by molar-refractivity contribution is 0.473. The van der Waals surface area contributed by atoms with Gasteiger partial charge in [-0.1, -0.05) is 24.3 Å². The van der Waals surface area contributed by atoms with Gasteiger partial charge >= 0.3 is 0 Å². The van der Waals surface area contributed by atoms with Gasteiger partial charge in [0.05, 0.1) is 16.6 Å². The lowest BCUT2D eigenvalue weighted by atomic mass is 10.1. The van der Waals surface area contributed by atoms with Crippen LogP contribution >= 0.6 is 0 Å². The smallest absolute Gasteiger partial charge is 0.264 e. The van der Waals surface area contributed by atoms with E-state index in [1.807, 2.05) is 30.3 Å². The Morgan fingerprint density at radius 3 is 2.67 bits per heavy atom. The lowest BCUT2D eigenvalue weighted by Crippen LogP contribution is -2.23. The Hall–Kier alpha value is -2.88. The first kappa shape index (κ1) is 13.1. The molecule has 0 amide bonds. The van der Waals surface area contributed by atoms with Crippen LogP contribution in [0.2, 0.25) is 0 Å². The summed E-state index contributed by atoms with van der Waals surface area (Å²) in [6.45, 7) is 3.65. The minimum atomic E-state index is -0.273. The van der Waals surface area contributed by atoms with Crippen LogP contribution < -0.4 is 5.56 Å². The number of hydrogen-bond acceptors (Lipinski definition) is 3. The van der Waals surface area contributed by atoms with Crippen LogP contribution in [0.1, 0.15) is 5.56 Å². The number of para-hydroxylation sites is 1. The highest BCUT2D eigenvalue weighted by molar-refractivity contribution is 5.84. The van der Waals surface area contributed by atoms with E-state index < -0.39 is 0 Å². The molecule has 0 bridgehead atoms. The first-order valence-corrected chi connectivity index (χ1v) is 6.62. The van der Waals surface area contributed by atoms with Crippen molar-refractivity contribution in [2.24, 2.45) is 0 Å². The number of rotatable bonds is 3. The summed E-state index contributed by atoms with van der Waals surface area (Å²) in [5.41, 5.74) is 1.22. The fraction of sp³-hybridized carbons (Fsp3) is 0.0588. The van der Waals surface area contributed by atoms with E-state index in [1.54, 1.807) is 24.4 Å². The zero-order chi connectivity index (χ0) is 14.8. The number of nitrogens with zero attached hydrogens (tertiary/aromatic N) is 2. The monoisotopic (exact) mass is 278 g/mol. The van der Waals surface area contributed by atoms with Gasteiger partial charge in [0.1, 0.15) is 5.75 Å². The average Bonchev–Trinajstić information content (AvgIpc) is 2.53. The van der Waals surface area contributed by atoms with Gasteiger partial charge in [0.25, 0.3) is 5.56 Å². The Morgan fingerprint density at radius 2 is 1.95 bits per heavy atom. The summed E-state index contributed by atoms with van der Waals surface area (Å²) in [7, 11) is 0. The third kappa shape index (κ3) is 2.10. The van der Waals surface area contributed by atoms with E-state index >= 15 is 0 Å². The molecule has 4 heteroatoms.